The number of hydrogen-bond acceptors (Lipinski definition) is 4. The fourth-order valence-electron chi connectivity index (χ4n) is 3.45. The largest absolute Gasteiger partial charge is 0.326 e. The molecule has 0 saturated heterocycles. The van der Waals surface area contributed by atoms with Crippen molar-refractivity contribution < 1.29 is 14.0 Å². The molecule has 32 heavy (non-hydrogen) atoms. The maximum Gasteiger partial charge on any atom is 0.229 e. The molecule has 0 saturated carbocycles. The van der Waals surface area contributed by atoms with Gasteiger partial charge in [0.15, 0.2) is 0 Å². The Morgan fingerprint density at radius 3 is 2.78 bits per heavy atom. The number of rotatable bonds is 5. The van der Waals surface area contributed by atoms with E-state index in [0.717, 1.165) is 10.9 Å². The maximum absolute atomic E-state index is 13.6. The van der Waals surface area contributed by atoms with Crippen LogP contribution in [0.2, 0.25) is 5.02 Å². The molecule has 0 aliphatic carbocycles. The van der Waals surface area contributed by atoms with E-state index < -0.39 is 5.82 Å². The zero-order valence-electron chi connectivity index (χ0n) is 17.3. The number of carbonyl (C=O) groups excluding carboxylic acids is 2. The number of halogens is 2. The summed E-state index contributed by atoms with van der Waals surface area (Å²) in [6.45, 7) is 1.44. The number of nitrogens with one attached hydrogen (secondary N) is 1. The number of aromatic nitrogens is 3. The summed E-state index contributed by atoms with van der Waals surface area (Å²) in [6.07, 6.45) is 3.12. The molecular formula is C23H19ClFN5O2. The quantitative estimate of drug-likeness (QED) is 0.480. The van der Waals surface area contributed by atoms with E-state index in [1.807, 2.05) is 25.2 Å². The average molecular weight is 452 g/mol. The fraction of sp³-hybridized carbons (Fsp3) is 0.130. The molecule has 0 aliphatic rings. The molecule has 0 radical (unpaired) electrons. The Kier molecular flexibility index (Phi) is 5.87. The minimum absolute atomic E-state index is 0.0772. The summed E-state index contributed by atoms with van der Waals surface area (Å²) in [5.41, 5.74) is 2.39. The molecule has 0 spiro atoms. The van der Waals surface area contributed by atoms with Gasteiger partial charge in [0.25, 0.3) is 0 Å². The molecule has 4 rings (SSSR count). The van der Waals surface area contributed by atoms with Crippen molar-refractivity contribution in [2.45, 2.75) is 13.3 Å². The fourth-order valence-corrected chi connectivity index (χ4v) is 3.64. The molecule has 2 aromatic heterocycles. The van der Waals surface area contributed by atoms with E-state index in [1.165, 1.54) is 30.2 Å². The van der Waals surface area contributed by atoms with Gasteiger partial charge in [-0.25, -0.2) is 9.37 Å². The Hall–Kier alpha value is -3.78. The smallest absolute Gasteiger partial charge is 0.229 e. The van der Waals surface area contributed by atoms with Gasteiger partial charge in [-0.15, -0.1) is 0 Å². The Morgan fingerprint density at radius 2 is 2.00 bits per heavy atom. The molecule has 0 unspecified atom stereocenters. The SMILES string of the molecule is CC(=O)N(c1ccc2c(cnn2C)c1)c1cc(NC(=O)Cc2cccc(F)c2Cl)ccn1. The second-order valence-electron chi connectivity index (χ2n) is 7.21. The molecule has 4 aromatic rings. The first kappa shape index (κ1) is 21.5. The van der Waals surface area contributed by atoms with Gasteiger partial charge in [-0.3, -0.25) is 19.2 Å². The van der Waals surface area contributed by atoms with Crippen molar-refractivity contribution in [2.24, 2.45) is 7.05 Å². The Bertz CT molecular complexity index is 1340. The van der Waals surface area contributed by atoms with E-state index in [2.05, 4.69) is 15.4 Å². The number of aryl methyl sites for hydroxylation is 1. The summed E-state index contributed by atoms with van der Waals surface area (Å²) >= 11 is 5.94. The summed E-state index contributed by atoms with van der Waals surface area (Å²) in [4.78, 5) is 30.7. The van der Waals surface area contributed by atoms with Crippen LogP contribution in [0.15, 0.2) is 60.9 Å². The first-order valence-corrected chi connectivity index (χ1v) is 10.1. The number of nitrogens with zero attached hydrogens (tertiary/aromatic N) is 4. The minimum Gasteiger partial charge on any atom is -0.326 e. The predicted molar refractivity (Wildman–Crippen MR) is 122 cm³/mol. The lowest BCUT2D eigenvalue weighted by Crippen LogP contribution is -2.24. The lowest BCUT2D eigenvalue weighted by Gasteiger charge is -2.21. The highest BCUT2D eigenvalue weighted by Gasteiger charge is 2.18. The van der Waals surface area contributed by atoms with E-state index in [4.69, 9.17) is 11.6 Å². The molecule has 2 aromatic carbocycles. The number of amides is 2. The monoisotopic (exact) mass is 451 g/mol. The zero-order valence-corrected chi connectivity index (χ0v) is 18.1. The maximum atomic E-state index is 13.6. The average Bonchev–Trinajstić information content (AvgIpc) is 3.12. The van der Waals surface area contributed by atoms with Crippen molar-refractivity contribution in [1.82, 2.24) is 14.8 Å². The van der Waals surface area contributed by atoms with Crippen LogP contribution >= 0.6 is 11.6 Å². The van der Waals surface area contributed by atoms with Gasteiger partial charge in [0.2, 0.25) is 11.8 Å². The van der Waals surface area contributed by atoms with Gasteiger partial charge in [-0.05, 0) is 35.9 Å². The van der Waals surface area contributed by atoms with Crippen LogP contribution in [0.4, 0.5) is 21.6 Å². The summed E-state index contributed by atoms with van der Waals surface area (Å²) in [5.74, 6) is -0.843. The van der Waals surface area contributed by atoms with Crippen molar-refractivity contribution >= 4 is 51.5 Å². The van der Waals surface area contributed by atoms with E-state index >= 15 is 0 Å². The van der Waals surface area contributed by atoms with Gasteiger partial charge in [0.05, 0.1) is 28.8 Å². The highest BCUT2D eigenvalue weighted by Crippen LogP contribution is 2.29. The van der Waals surface area contributed by atoms with Crippen molar-refractivity contribution in [3.63, 3.8) is 0 Å². The van der Waals surface area contributed by atoms with E-state index in [0.29, 0.717) is 22.8 Å². The third kappa shape index (κ3) is 4.31. The molecule has 1 N–H and O–H groups in total. The van der Waals surface area contributed by atoms with Crippen LogP contribution in [0.25, 0.3) is 10.9 Å². The topological polar surface area (TPSA) is 80.1 Å². The summed E-state index contributed by atoms with van der Waals surface area (Å²) in [7, 11) is 1.84. The molecule has 0 fully saturated rings. The highest BCUT2D eigenvalue weighted by atomic mass is 35.5. The van der Waals surface area contributed by atoms with Crippen LogP contribution in [-0.4, -0.2) is 26.6 Å². The number of hydrogen-bond donors (Lipinski definition) is 1. The van der Waals surface area contributed by atoms with Gasteiger partial charge in [-0.2, -0.15) is 5.10 Å². The predicted octanol–water partition coefficient (Wildman–Crippen LogP) is 4.63. The van der Waals surface area contributed by atoms with Crippen LogP contribution in [-0.2, 0) is 23.1 Å². The molecule has 0 atom stereocenters. The van der Waals surface area contributed by atoms with Gasteiger partial charge < -0.3 is 5.32 Å². The van der Waals surface area contributed by atoms with Gasteiger partial charge in [-0.1, -0.05) is 23.7 Å². The Morgan fingerprint density at radius 1 is 1.19 bits per heavy atom. The number of benzene rings is 2. The molecule has 2 amide bonds. The van der Waals surface area contributed by atoms with Crippen LogP contribution in [0.1, 0.15) is 12.5 Å². The third-order valence-corrected chi connectivity index (χ3v) is 5.37. The van der Waals surface area contributed by atoms with E-state index in [1.54, 1.807) is 29.1 Å². The molecule has 0 bridgehead atoms. The lowest BCUT2D eigenvalue weighted by molar-refractivity contribution is -0.116. The van der Waals surface area contributed by atoms with Crippen molar-refractivity contribution in [3.05, 3.63) is 77.3 Å². The normalized spacial score (nSPS) is 10.9. The number of carbonyl (C=O) groups is 2. The second-order valence-corrected chi connectivity index (χ2v) is 7.58. The first-order valence-electron chi connectivity index (χ1n) is 9.75. The summed E-state index contributed by atoms with van der Waals surface area (Å²) in [6, 6.07) is 13.1. The summed E-state index contributed by atoms with van der Waals surface area (Å²) in [5, 5.41) is 7.77. The lowest BCUT2D eigenvalue weighted by atomic mass is 10.1. The van der Waals surface area contributed by atoms with Crippen LogP contribution in [0, 0.1) is 5.82 Å². The highest BCUT2D eigenvalue weighted by molar-refractivity contribution is 6.31. The van der Waals surface area contributed by atoms with Crippen molar-refractivity contribution in [3.8, 4) is 0 Å². The standard InChI is InChI=1S/C23H19ClFN5O2/c1-14(31)30(18-6-7-20-16(10-18)13-27-29(20)2)21-12-17(8-9-26-21)28-22(32)11-15-4-3-5-19(25)23(15)24/h3-10,12-13H,11H2,1-2H3,(H,26,28,32). The van der Waals surface area contributed by atoms with Crippen LogP contribution < -0.4 is 10.2 Å². The first-order chi connectivity index (χ1) is 15.3. The number of fused-ring (bicyclic) bond motifs is 1. The Balaban J connectivity index is 1.58. The molecule has 0 aliphatic heterocycles. The minimum atomic E-state index is -0.578. The van der Waals surface area contributed by atoms with Crippen LogP contribution in [0.5, 0.6) is 0 Å². The van der Waals surface area contributed by atoms with E-state index in [9.17, 15) is 14.0 Å². The number of pyridine rings is 1. The summed E-state index contributed by atoms with van der Waals surface area (Å²) < 4.78 is 15.4. The van der Waals surface area contributed by atoms with Crippen molar-refractivity contribution in [1.29, 1.82) is 0 Å². The van der Waals surface area contributed by atoms with E-state index in [-0.39, 0.29) is 23.3 Å². The van der Waals surface area contributed by atoms with Gasteiger partial charge in [0.1, 0.15) is 11.6 Å². The molecule has 9 heteroatoms. The van der Waals surface area contributed by atoms with Crippen molar-refractivity contribution in [2.75, 3.05) is 10.2 Å². The molecule has 2 heterocycles. The van der Waals surface area contributed by atoms with Gasteiger partial charge in [0, 0.05) is 37.3 Å². The van der Waals surface area contributed by atoms with Gasteiger partial charge >= 0.3 is 0 Å². The molecular weight excluding hydrogens is 433 g/mol. The molecule has 7 nitrogen and oxygen atoms in total. The second kappa shape index (κ2) is 8.76. The third-order valence-electron chi connectivity index (χ3n) is 4.94. The zero-order chi connectivity index (χ0) is 22.8. The molecule has 162 valence electrons. The van der Waals surface area contributed by atoms with Crippen LogP contribution in [0.3, 0.4) is 0 Å². The Labute approximate surface area is 188 Å². The number of anilines is 3.